The fraction of sp³-hybridized carbons (Fsp3) is 0.694. The fourth-order valence-electron chi connectivity index (χ4n) is 10.5. The number of aliphatic hydroxyl groups excluding tert-OH is 1. The van der Waals surface area contributed by atoms with Gasteiger partial charge in [-0.25, -0.2) is 9.13 Å². The second kappa shape index (κ2) is 76.4. The maximum absolute atomic E-state index is 13.1. The normalized spacial score (nSPS) is 14.6. The number of aliphatic hydroxyl groups is 1. The standard InChI is InChI=1S/C85H144O17P2/c1-5-9-13-17-21-25-29-33-36-39-42-46-49-53-57-61-65-69-82(87)95-75-80(101-84(89)71-67-63-59-55-51-45-32-28-24-20-16-12-8-4)77-99-103(91,92)97-73-79(86)74-98-104(93,94)100-78-81(102-85(90)72-68-64-60-56-52-48-44-41-38-35-31-27-23-19-15-11-7-3)76-96-83(88)70-66-62-58-54-50-47-43-40-37-34-30-26-22-18-14-10-6-2/h9-11,13-15,21-23,25-28,32-38,43,47,79-81,86H,5-8,12,16-20,24,29-31,39-42,44-46,48-78H2,1-4H3,(H,91,92)(H,93,94)/b13-9-,14-10-,15-11-,25-21-,26-22-,27-23-,32-28-,36-33-,37-34-,38-35-,47-43-. The van der Waals surface area contributed by atoms with Gasteiger partial charge in [-0.2, -0.15) is 0 Å². The summed E-state index contributed by atoms with van der Waals surface area (Å²) in [7, 11) is -9.98. The molecule has 0 radical (unpaired) electrons. The second-order valence-corrected chi connectivity index (χ2v) is 29.5. The highest BCUT2D eigenvalue weighted by atomic mass is 31.2. The molecule has 104 heavy (non-hydrogen) atoms. The number of phosphoric acid groups is 2. The Labute approximate surface area is 631 Å². The summed E-state index contributed by atoms with van der Waals surface area (Å²) in [6.45, 7) is 4.49. The summed E-state index contributed by atoms with van der Waals surface area (Å²) in [6, 6.07) is 0. The molecule has 0 spiro atoms. The quantitative estimate of drug-likeness (QED) is 0.0169. The third-order valence-electron chi connectivity index (χ3n) is 16.6. The van der Waals surface area contributed by atoms with Gasteiger partial charge in [0.2, 0.25) is 0 Å². The predicted molar refractivity (Wildman–Crippen MR) is 427 cm³/mol. The third-order valence-corrected chi connectivity index (χ3v) is 18.5. The minimum Gasteiger partial charge on any atom is -0.462 e. The van der Waals surface area contributed by atoms with Crippen LogP contribution in [-0.4, -0.2) is 96.7 Å². The Bertz CT molecular complexity index is 2490. The van der Waals surface area contributed by atoms with E-state index in [0.717, 1.165) is 218 Å². The number of unbranched alkanes of at least 4 members (excludes halogenated alkanes) is 27. The summed E-state index contributed by atoms with van der Waals surface area (Å²) in [4.78, 5) is 73.1. The van der Waals surface area contributed by atoms with Crippen LogP contribution in [0.15, 0.2) is 134 Å². The molecule has 5 atom stereocenters. The zero-order valence-corrected chi connectivity index (χ0v) is 66.9. The van der Waals surface area contributed by atoms with E-state index in [1.807, 2.05) is 0 Å². The Morgan fingerprint density at radius 2 is 0.500 bits per heavy atom. The number of hydrogen-bond donors (Lipinski definition) is 3. The van der Waals surface area contributed by atoms with Gasteiger partial charge in [0.25, 0.3) is 0 Å². The van der Waals surface area contributed by atoms with Gasteiger partial charge in [-0.3, -0.25) is 37.3 Å². The monoisotopic (exact) mass is 1500 g/mol. The first-order chi connectivity index (χ1) is 50.7. The number of hydrogen-bond acceptors (Lipinski definition) is 15. The maximum atomic E-state index is 13.1. The summed E-state index contributed by atoms with van der Waals surface area (Å²) in [5, 5.41) is 10.6. The van der Waals surface area contributed by atoms with Gasteiger partial charge in [0.1, 0.15) is 19.3 Å². The van der Waals surface area contributed by atoms with Crippen LogP contribution in [0.25, 0.3) is 0 Å². The highest BCUT2D eigenvalue weighted by molar-refractivity contribution is 7.47. The minimum absolute atomic E-state index is 0.0749. The van der Waals surface area contributed by atoms with Gasteiger partial charge in [0.15, 0.2) is 12.2 Å². The van der Waals surface area contributed by atoms with Crippen LogP contribution < -0.4 is 0 Å². The maximum Gasteiger partial charge on any atom is 0.472 e. The van der Waals surface area contributed by atoms with Crippen LogP contribution in [0, 0.1) is 0 Å². The summed E-state index contributed by atoms with van der Waals surface area (Å²) < 4.78 is 68.6. The number of esters is 4. The van der Waals surface area contributed by atoms with E-state index in [-0.39, 0.29) is 25.7 Å². The summed E-state index contributed by atoms with van der Waals surface area (Å²) in [5.74, 6) is -2.23. The summed E-state index contributed by atoms with van der Waals surface area (Å²) in [6.07, 6.45) is 85.6. The van der Waals surface area contributed by atoms with Crippen molar-refractivity contribution in [1.82, 2.24) is 0 Å². The van der Waals surface area contributed by atoms with Crippen LogP contribution in [0.2, 0.25) is 0 Å². The van der Waals surface area contributed by atoms with Crippen molar-refractivity contribution < 1.29 is 80.2 Å². The molecule has 0 aromatic heterocycles. The molecule has 596 valence electrons. The van der Waals surface area contributed by atoms with Gasteiger partial charge in [0.05, 0.1) is 26.4 Å². The molecule has 0 aromatic carbocycles. The lowest BCUT2D eigenvalue weighted by Crippen LogP contribution is -2.30. The molecule has 0 bridgehead atoms. The molecular weight excluding hydrogens is 1350 g/mol. The Balaban J connectivity index is 5.39. The smallest absolute Gasteiger partial charge is 0.462 e. The largest absolute Gasteiger partial charge is 0.472 e. The SMILES string of the molecule is CC/C=C\C/C=C\C/C=C\C/C=C\CCCCCCC(=O)OCC(COP(=O)(O)OCC(O)COP(=O)(O)OCC(COC(=O)CCCCCCCCC/C=C\C/C=C\C/C=C\CC)OC(=O)CCCCCCC/C=C\CCCCCC)OC(=O)CCCCCCCCC/C=C\C/C=C\C/C=C\CC. The van der Waals surface area contributed by atoms with E-state index in [4.69, 9.17) is 37.0 Å². The molecule has 0 aromatic rings. The van der Waals surface area contributed by atoms with E-state index < -0.39 is 97.5 Å². The summed E-state index contributed by atoms with van der Waals surface area (Å²) >= 11 is 0. The molecule has 0 aliphatic rings. The number of ether oxygens (including phenoxy) is 4. The van der Waals surface area contributed by atoms with E-state index in [2.05, 4.69) is 161 Å². The molecule has 0 amide bonds. The summed E-state index contributed by atoms with van der Waals surface area (Å²) in [5.41, 5.74) is 0. The van der Waals surface area contributed by atoms with Crippen molar-refractivity contribution in [2.45, 2.75) is 341 Å². The molecule has 3 N–H and O–H groups in total. The van der Waals surface area contributed by atoms with Crippen LogP contribution in [0.4, 0.5) is 0 Å². The van der Waals surface area contributed by atoms with Crippen LogP contribution in [0.1, 0.15) is 323 Å². The van der Waals surface area contributed by atoms with E-state index in [1.165, 1.54) is 25.7 Å². The third kappa shape index (κ3) is 75.4. The molecule has 0 rings (SSSR count). The van der Waals surface area contributed by atoms with Gasteiger partial charge in [-0.1, -0.05) is 277 Å². The van der Waals surface area contributed by atoms with Crippen molar-refractivity contribution in [3.05, 3.63) is 134 Å². The van der Waals surface area contributed by atoms with Gasteiger partial charge >= 0.3 is 39.5 Å². The van der Waals surface area contributed by atoms with E-state index in [1.54, 1.807) is 0 Å². The lowest BCUT2D eigenvalue weighted by molar-refractivity contribution is -0.161. The molecule has 0 aliphatic heterocycles. The predicted octanol–water partition coefficient (Wildman–Crippen LogP) is 23.7. The van der Waals surface area contributed by atoms with Crippen LogP contribution >= 0.6 is 15.6 Å². The lowest BCUT2D eigenvalue weighted by atomic mass is 10.1. The van der Waals surface area contributed by atoms with Gasteiger partial charge in [-0.15, -0.1) is 0 Å². The van der Waals surface area contributed by atoms with Crippen molar-refractivity contribution in [3.8, 4) is 0 Å². The second-order valence-electron chi connectivity index (χ2n) is 26.6. The topological polar surface area (TPSA) is 237 Å². The zero-order valence-electron chi connectivity index (χ0n) is 65.2. The first kappa shape index (κ1) is 99.2. The number of phosphoric ester groups is 2. The molecule has 17 nitrogen and oxygen atoms in total. The molecule has 5 unspecified atom stereocenters. The zero-order chi connectivity index (χ0) is 76.0. The minimum atomic E-state index is -4.99. The highest BCUT2D eigenvalue weighted by Crippen LogP contribution is 2.45. The molecule has 0 fully saturated rings. The van der Waals surface area contributed by atoms with Crippen molar-refractivity contribution in [3.63, 3.8) is 0 Å². The van der Waals surface area contributed by atoms with Crippen LogP contribution in [-0.2, 0) is 65.4 Å². The van der Waals surface area contributed by atoms with E-state index >= 15 is 0 Å². The lowest BCUT2D eigenvalue weighted by Gasteiger charge is -2.21. The molecule has 0 saturated carbocycles. The van der Waals surface area contributed by atoms with Crippen molar-refractivity contribution in [2.75, 3.05) is 39.6 Å². The first-order valence-electron chi connectivity index (χ1n) is 40.4. The van der Waals surface area contributed by atoms with Crippen molar-refractivity contribution in [2.24, 2.45) is 0 Å². The number of allylic oxidation sites excluding steroid dienone is 22. The Kier molecular flexibility index (Phi) is 72.9. The average Bonchev–Trinajstić information content (AvgIpc) is 0.910. The highest BCUT2D eigenvalue weighted by Gasteiger charge is 2.30. The van der Waals surface area contributed by atoms with E-state index in [0.29, 0.717) is 25.7 Å². The Hall–Kier alpha value is -4.80. The number of carbonyl (C=O) groups excluding carboxylic acids is 4. The van der Waals surface area contributed by atoms with Gasteiger partial charge in [-0.05, 0) is 154 Å². The Morgan fingerprint density at radius 1 is 0.279 bits per heavy atom. The molecule has 0 aliphatic carbocycles. The molecular formula is C85H144O17P2. The number of carbonyl (C=O) groups is 4. The fourth-order valence-corrected chi connectivity index (χ4v) is 12.1. The Morgan fingerprint density at radius 3 is 0.779 bits per heavy atom. The first-order valence-corrected chi connectivity index (χ1v) is 43.4. The van der Waals surface area contributed by atoms with Crippen LogP contribution in [0.5, 0.6) is 0 Å². The van der Waals surface area contributed by atoms with Gasteiger partial charge in [0, 0.05) is 25.7 Å². The molecule has 0 saturated heterocycles. The van der Waals surface area contributed by atoms with E-state index in [9.17, 15) is 43.2 Å². The average molecular weight is 1500 g/mol. The molecule has 19 heteroatoms. The van der Waals surface area contributed by atoms with Crippen LogP contribution in [0.3, 0.4) is 0 Å². The van der Waals surface area contributed by atoms with Crippen molar-refractivity contribution >= 4 is 39.5 Å². The molecule has 0 heterocycles. The van der Waals surface area contributed by atoms with Crippen molar-refractivity contribution in [1.29, 1.82) is 0 Å². The van der Waals surface area contributed by atoms with Gasteiger partial charge < -0.3 is 33.8 Å². The number of rotatable bonds is 75.